The van der Waals surface area contributed by atoms with Crippen LogP contribution < -0.4 is 20.7 Å². The average molecular weight is 372 g/mol. The molecule has 2 aromatic rings. The van der Waals surface area contributed by atoms with E-state index in [1.165, 1.54) is 0 Å². The molecule has 0 bridgehead atoms. The third kappa shape index (κ3) is 3.49. The molecule has 0 aliphatic rings. The Hall–Kier alpha value is -1.27. The summed E-state index contributed by atoms with van der Waals surface area (Å²) in [5, 5.41) is 0.617. The number of ether oxygens (including phenoxy) is 2. The van der Waals surface area contributed by atoms with Crippen molar-refractivity contribution in [2.45, 2.75) is 6.04 Å². The Morgan fingerprint density at radius 2 is 1.86 bits per heavy atom. The number of methoxy groups -OCH3 is 2. The molecule has 6 heteroatoms. The number of rotatable bonds is 5. The van der Waals surface area contributed by atoms with Crippen LogP contribution in [-0.4, -0.2) is 14.2 Å². The van der Waals surface area contributed by atoms with Crippen molar-refractivity contribution in [1.82, 2.24) is 5.43 Å². The Balaban J connectivity index is 2.57. The first-order valence-electron chi connectivity index (χ1n) is 6.23. The molecular weight excluding hydrogens is 356 g/mol. The van der Waals surface area contributed by atoms with E-state index >= 15 is 0 Å². The SMILES string of the molecule is COc1ccc(OC)c(C(NN)c2cc(Br)ccc2Cl)c1. The second-order valence-electron chi connectivity index (χ2n) is 4.37. The van der Waals surface area contributed by atoms with E-state index in [0.29, 0.717) is 10.8 Å². The molecule has 0 aliphatic carbocycles. The zero-order valence-electron chi connectivity index (χ0n) is 11.7. The van der Waals surface area contributed by atoms with Crippen LogP contribution in [0, 0.1) is 0 Å². The summed E-state index contributed by atoms with van der Waals surface area (Å²) in [7, 11) is 3.23. The summed E-state index contributed by atoms with van der Waals surface area (Å²) in [5.41, 5.74) is 4.48. The lowest BCUT2D eigenvalue weighted by molar-refractivity contribution is 0.394. The van der Waals surface area contributed by atoms with Gasteiger partial charge in [0.2, 0.25) is 0 Å². The first kappa shape index (κ1) is 16.1. The average Bonchev–Trinajstić information content (AvgIpc) is 2.51. The smallest absolute Gasteiger partial charge is 0.124 e. The van der Waals surface area contributed by atoms with Gasteiger partial charge in [0.05, 0.1) is 20.3 Å². The van der Waals surface area contributed by atoms with E-state index in [9.17, 15) is 0 Å². The summed E-state index contributed by atoms with van der Waals surface area (Å²) in [6.45, 7) is 0. The predicted molar refractivity (Wildman–Crippen MR) is 87.9 cm³/mol. The minimum Gasteiger partial charge on any atom is -0.497 e. The molecule has 2 rings (SSSR count). The third-order valence-corrected chi connectivity index (χ3v) is 4.02. The molecule has 112 valence electrons. The molecule has 0 spiro atoms. The quantitative estimate of drug-likeness (QED) is 0.622. The molecule has 0 saturated carbocycles. The van der Waals surface area contributed by atoms with E-state index in [1.807, 2.05) is 36.4 Å². The third-order valence-electron chi connectivity index (χ3n) is 3.18. The molecule has 0 aromatic heterocycles. The lowest BCUT2D eigenvalue weighted by Crippen LogP contribution is -2.29. The van der Waals surface area contributed by atoms with Crippen LogP contribution in [0.2, 0.25) is 5.02 Å². The zero-order valence-corrected chi connectivity index (χ0v) is 14.0. The Morgan fingerprint density at radius 3 is 2.48 bits per heavy atom. The van der Waals surface area contributed by atoms with Gasteiger partial charge in [0.15, 0.2) is 0 Å². The largest absolute Gasteiger partial charge is 0.497 e. The lowest BCUT2D eigenvalue weighted by Gasteiger charge is -2.21. The van der Waals surface area contributed by atoms with Crippen LogP contribution in [0.1, 0.15) is 17.2 Å². The van der Waals surface area contributed by atoms with E-state index in [-0.39, 0.29) is 6.04 Å². The molecule has 0 radical (unpaired) electrons. The maximum atomic E-state index is 6.30. The van der Waals surface area contributed by atoms with Crippen molar-refractivity contribution in [3.8, 4) is 11.5 Å². The van der Waals surface area contributed by atoms with Crippen molar-refractivity contribution < 1.29 is 9.47 Å². The molecule has 3 N–H and O–H groups in total. The Kier molecular flexibility index (Phi) is 5.47. The van der Waals surface area contributed by atoms with Crippen molar-refractivity contribution in [3.05, 3.63) is 57.0 Å². The van der Waals surface area contributed by atoms with Crippen molar-refractivity contribution >= 4 is 27.5 Å². The Labute approximate surface area is 137 Å². The van der Waals surface area contributed by atoms with Gasteiger partial charge in [-0.15, -0.1) is 0 Å². The number of nitrogens with two attached hydrogens (primary N) is 1. The fourth-order valence-electron chi connectivity index (χ4n) is 2.15. The van der Waals surface area contributed by atoms with E-state index in [4.69, 9.17) is 26.9 Å². The van der Waals surface area contributed by atoms with Crippen molar-refractivity contribution in [1.29, 1.82) is 0 Å². The van der Waals surface area contributed by atoms with Gasteiger partial charge in [0.1, 0.15) is 11.5 Å². The molecule has 2 aromatic carbocycles. The van der Waals surface area contributed by atoms with Gasteiger partial charge in [-0.1, -0.05) is 27.5 Å². The molecule has 1 atom stereocenters. The van der Waals surface area contributed by atoms with Crippen molar-refractivity contribution in [2.24, 2.45) is 5.84 Å². The van der Waals surface area contributed by atoms with Gasteiger partial charge >= 0.3 is 0 Å². The van der Waals surface area contributed by atoms with Crippen LogP contribution in [0.25, 0.3) is 0 Å². The molecular formula is C15H16BrClN2O2. The number of benzene rings is 2. The number of hydrazine groups is 1. The Bertz CT molecular complexity index is 637. The maximum Gasteiger partial charge on any atom is 0.124 e. The summed E-state index contributed by atoms with van der Waals surface area (Å²) in [6, 6.07) is 10.8. The van der Waals surface area contributed by atoms with Gasteiger partial charge < -0.3 is 9.47 Å². The highest BCUT2D eigenvalue weighted by Gasteiger charge is 2.20. The first-order chi connectivity index (χ1) is 10.1. The van der Waals surface area contributed by atoms with E-state index < -0.39 is 0 Å². The minimum absolute atomic E-state index is 0.319. The molecule has 0 aliphatic heterocycles. The van der Waals surface area contributed by atoms with Gasteiger partial charge in [-0.05, 0) is 42.0 Å². The summed E-state index contributed by atoms with van der Waals surface area (Å²) < 4.78 is 11.6. The van der Waals surface area contributed by atoms with Crippen molar-refractivity contribution in [3.63, 3.8) is 0 Å². The molecule has 0 fully saturated rings. The monoisotopic (exact) mass is 370 g/mol. The zero-order chi connectivity index (χ0) is 15.4. The molecule has 1 unspecified atom stereocenters. The molecule has 0 amide bonds. The van der Waals surface area contributed by atoms with Crippen LogP contribution >= 0.6 is 27.5 Å². The topological polar surface area (TPSA) is 56.5 Å². The van der Waals surface area contributed by atoms with Crippen LogP contribution in [0.5, 0.6) is 11.5 Å². The second kappa shape index (κ2) is 7.13. The first-order valence-corrected chi connectivity index (χ1v) is 7.40. The predicted octanol–water partition coefficient (Wildman–Crippen LogP) is 3.67. The van der Waals surface area contributed by atoms with Crippen molar-refractivity contribution in [2.75, 3.05) is 14.2 Å². The van der Waals surface area contributed by atoms with Crippen LogP contribution in [0.15, 0.2) is 40.9 Å². The molecule has 21 heavy (non-hydrogen) atoms. The number of halogens is 2. The number of nitrogens with one attached hydrogen (secondary N) is 1. The van der Waals surface area contributed by atoms with Crippen LogP contribution in [-0.2, 0) is 0 Å². The summed E-state index contributed by atoms with van der Waals surface area (Å²) in [5.74, 6) is 7.17. The normalized spacial score (nSPS) is 12.0. The lowest BCUT2D eigenvalue weighted by atomic mass is 9.98. The minimum atomic E-state index is -0.319. The van der Waals surface area contributed by atoms with Gasteiger partial charge in [-0.2, -0.15) is 0 Å². The fraction of sp³-hybridized carbons (Fsp3) is 0.200. The van der Waals surface area contributed by atoms with Gasteiger partial charge in [0.25, 0.3) is 0 Å². The highest BCUT2D eigenvalue weighted by atomic mass is 79.9. The highest BCUT2D eigenvalue weighted by molar-refractivity contribution is 9.10. The summed E-state index contributed by atoms with van der Waals surface area (Å²) >= 11 is 9.75. The van der Waals surface area contributed by atoms with Crippen LogP contribution in [0.4, 0.5) is 0 Å². The maximum absolute atomic E-state index is 6.30. The van der Waals surface area contributed by atoms with E-state index in [1.54, 1.807) is 14.2 Å². The molecule has 0 saturated heterocycles. The summed E-state index contributed by atoms with van der Waals surface area (Å²) in [6.07, 6.45) is 0. The summed E-state index contributed by atoms with van der Waals surface area (Å²) in [4.78, 5) is 0. The number of hydrogen-bond donors (Lipinski definition) is 2. The highest BCUT2D eigenvalue weighted by Crippen LogP contribution is 2.36. The fourth-order valence-corrected chi connectivity index (χ4v) is 2.75. The van der Waals surface area contributed by atoms with Crippen LogP contribution in [0.3, 0.4) is 0 Å². The number of hydrogen-bond acceptors (Lipinski definition) is 4. The van der Waals surface area contributed by atoms with E-state index in [0.717, 1.165) is 21.3 Å². The van der Waals surface area contributed by atoms with Gasteiger partial charge in [-0.25, -0.2) is 5.43 Å². The van der Waals surface area contributed by atoms with Gasteiger partial charge in [0, 0.05) is 15.1 Å². The second-order valence-corrected chi connectivity index (χ2v) is 5.70. The van der Waals surface area contributed by atoms with E-state index in [2.05, 4.69) is 21.4 Å². The van der Waals surface area contributed by atoms with Gasteiger partial charge in [-0.3, -0.25) is 5.84 Å². The standard InChI is InChI=1S/C15H16BrClN2O2/c1-20-10-4-6-14(21-2)12(8-10)15(19-18)11-7-9(16)3-5-13(11)17/h3-8,15,19H,18H2,1-2H3. The Morgan fingerprint density at radius 1 is 1.10 bits per heavy atom. The molecule has 0 heterocycles. The molecule has 4 nitrogen and oxygen atoms in total.